The monoisotopic (exact) mass is 520 g/mol. The number of carboxylic acid groups (broad SMARTS) is 2. The topological polar surface area (TPSA) is 94.8 Å². The minimum Gasteiger partial charge on any atom is -0.478 e. The van der Waals surface area contributed by atoms with Gasteiger partial charge < -0.3 is 15.3 Å². The maximum atomic E-state index is 11.5. The van der Waals surface area contributed by atoms with Crippen molar-refractivity contribution < 1.29 is 24.9 Å². The lowest BCUT2D eigenvalue weighted by Gasteiger charge is -2.14. The van der Waals surface area contributed by atoms with Crippen molar-refractivity contribution in [1.82, 2.24) is 0 Å². The Bertz CT molecular complexity index is 699. The fourth-order valence-electron chi connectivity index (χ4n) is 4.66. The number of aryl methyl sites for hydroxylation is 1. The van der Waals surface area contributed by atoms with Gasteiger partial charge in [0.1, 0.15) is 0 Å². The van der Waals surface area contributed by atoms with Crippen molar-refractivity contribution in [1.29, 1.82) is 0 Å². The highest BCUT2D eigenvalue weighted by molar-refractivity contribution is 6.03. The normalized spacial score (nSPS) is 10.7. The average molecular weight is 521 g/mol. The van der Waals surface area contributed by atoms with Crippen LogP contribution in [0.3, 0.4) is 0 Å². The van der Waals surface area contributed by atoms with Crippen LogP contribution in [0.25, 0.3) is 0 Å². The van der Waals surface area contributed by atoms with E-state index in [-0.39, 0.29) is 11.1 Å². The van der Waals surface area contributed by atoms with Crippen LogP contribution >= 0.6 is 0 Å². The molecule has 0 saturated carbocycles. The summed E-state index contributed by atoms with van der Waals surface area (Å²) < 4.78 is 0. The lowest BCUT2D eigenvalue weighted by atomic mass is 9.90. The minimum absolute atomic E-state index is 0.0282. The van der Waals surface area contributed by atoms with Crippen LogP contribution in [-0.2, 0) is 12.8 Å². The van der Waals surface area contributed by atoms with E-state index in [0.717, 1.165) is 44.1 Å². The van der Waals surface area contributed by atoms with Crippen molar-refractivity contribution >= 4 is 11.9 Å². The zero-order chi connectivity index (χ0) is 27.7. The molecule has 214 valence electrons. The third kappa shape index (κ3) is 17.3. The molecule has 1 rings (SSSR count). The molecule has 0 fully saturated rings. The van der Waals surface area contributed by atoms with Crippen molar-refractivity contribution in [2.24, 2.45) is 0 Å². The molecular formula is C32H56O5. The van der Waals surface area contributed by atoms with Crippen molar-refractivity contribution in [3.05, 3.63) is 34.4 Å². The first-order valence-electron chi connectivity index (χ1n) is 15.2. The summed E-state index contributed by atoms with van der Waals surface area (Å²) in [6.45, 7) is 6.77. The van der Waals surface area contributed by atoms with Gasteiger partial charge in [-0.05, 0) is 49.3 Å². The molecular weight excluding hydrogens is 464 g/mol. The summed E-state index contributed by atoms with van der Waals surface area (Å²) in [7, 11) is 0. The molecule has 0 unspecified atom stereocenters. The second-order valence-corrected chi connectivity index (χ2v) is 10.3. The molecule has 0 spiro atoms. The van der Waals surface area contributed by atoms with Crippen LogP contribution in [-0.4, -0.2) is 33.9 Å². The highest BCUT2D eigenvalue weighted by atomic mass is 16.4. The Kier molecular flexibility index (Phi) is 23.2. The first-order valence-corrected chi connectivity index (χ1v) is 15.2. The van der Waals surface area contributed by atoms with Gasteiger partial charge in [-0.3, -0.25) is 0 Å². The molecule has 0 aromatic heterocycles. The van der Waals surface area contributed by atoms with E-state index < -0.39 is 11.9 Å². The van der Waals surface area contributed by atoms with Crippen LogP contribution in [0.5, 0.6) is 0 Å². The first-order chi connectivity index (χ1) is 17.9. The van der Waals surface area contributed by atoms with Crippen LogP contribution in [0.15, 0.2) is 12.1 Å². The Morgan fingerprint density at radius 2 is 1.00 bits per heavy atom. The molecule has 0 aliphatic heterocycles. The van der Waals surface area contributed by atoms with E-state index in [1.54, 1.807) is 6.07 Å². The van der Waals surface area contributed by atoms with E-state index in [1.165, 1.54) is 89.5 Å². The van der Waals surface area contributed by atoms with Gasteiger partial charge in [-0.1, -0.05) is 123 Å². The van der Waals surface area contributed by atoms with E-state index in [1.807, 2.05) is 6.92 Å². The van der Waals surface area contributed by atoms with E-state index in [2.05, 4.69) is 13.8 Å². The SMILES string of the molecule is CCCCCCCCCCCCCCCCO.CCCCc1ccc(C(=O)O)c(C(=O)O)c1CCCC. The third-order valence-electron chi connectivity index (χ3n) is 6.95. The molecule has 0 aliphatic carbocycles. The van der Waals surface area contributed by atoms with Crippen LogP contribution in [0.2, 0.25) is 0 Å². The highest BCUT2D eigenvalue weighted by Crippen LogP contribution is 2.24. The van der Waals surface area contributed by atoms with Crippen molar-refractivity contribution in [3.8, 4) is 0 Å². The molecule has 1 aromatic rings. The molecule has 0 saturated heterocycles. The molecule has 0 heterocycles. The van der Waals surface area contributed by atoms with Gasteiger partial charge in [-0.15, -0.1) is 0 Å². The first kappa shape index (κ1) is 35.1. The fourth-order valence-corrected chi connectivity index (χ4v) is 4.66. The summed E-state index contributed by atoms with van der Waals surface area (Å²) in [5.74, 6) is -2.32. The Morgan fingerprint density at radius 1 is 0.568 bits per heavy atom. The van der Waals surface area contributed by atoms with E-state index >= 15 is 0 Å². The number of hydrogen-bond acceptors (Lipinski definition) is 3. The summed E-state index contributed by atoms with van der Waals surface area (Å²) in [5.41, 5.74) is 1.54. The number of aliphatic hydroxyl groups is 1. The quantitative estimate of drug-likeness (QED) is 0.132. The number of carboxylic acids is 2. The predicted molar refractivity (Wildman–Crippen MR) is 155 cm³/mol. The van der Waals surface area contributed by atoms with E-state index in [9.17, 15) is 14.7 Å². The van der Waals surface area contributed by atoms with Crippen molar-refractivity contribution in [3.63, 3.8) is 0 Å². The van der Waals surface area contributed by atoms with Crippen molar-refractivity contribution in [2.45, 2.75) is 149 Å². The van der Waals surface area contributed by atoms with Crippen molar-refractivity contribution in [2.75, 3.05) is 6.61 Å². The second-order valence-electron chi connectivity index (χ2n) is 10.3. The summed E-state index contributed by atoms with van der Waals surface area (Å²) in [5, 5.41) is 27.2. The van der Waals surface area contributed by atoms with Crippen LogP contribution in [0, 0.1) is 0 Å². The molecule has 0 bridgehead atoms. The Labute approximate surface area is 227 Å². The minimum atomic E-state index is -1.18. The maximum Gasteiger partial charge on any atom is 0.336 e. The maximum absolute atomic E-state index is 11.5. The summed E-state index contributed by atoms with van der Waals surface area (Å²) in [6, 6.07) is 3.20. The number of carbonyl (C=O) groups is 2. The third-order valence-corrected chi connectivity index (χ3v) is 6.95. The van der Waals surface area contributed by atoms with E-state index in [4.69, 9.17) is 10.2 Å². The van der Waals surface area contributed by atoms with Crippen LogP contribution < -0.4 is 0 Å². The molecule has 5 heteroatoms. The predicted octanol–water partition coefficient (Wildman–Crippen LogP) is 9.23. The van der Waals surface area contributed by atoms with Gasteiger partial charge in [0, 0.05) is 6.61 Å². The number of benzene rings is 1. The van der Waals surface area contributed by atoms with Gasteiger partial charge in [0.2, 0.25) is 0 Å². The lowest BCUT2D eigenvalue weighted by Crippen LogP contribution is -2.14. The Balaban J connectivity index is 0.000000712. The summed E-state index contributed by atoms with van der Waals surface area (Å²) in [6.07, 6.45) is 24.4. The average Bonchev–Trinajstić information content (AvgIpc) is 2.88. The zero-order valence-corrected chi connectivity index (χ0v) is 24.2. The molecule has 0 aliphatic rings. The number of hydrogen-bond donors (Lipinski definition) is 3. The van der Waals surface area contributed by atoms with Crippen LogP contribution in [0.4, 0.5) is 0 Å². The van der Waals surface area contributed by atoms with Gasteiger partial charge >= 0.3 is 11.9 Å². The Hall–Kier alpha value is -1.88. The summed E-state index contributed by atoms with van der Waals surface area (Å²) >= 11 is 0. The lowest BCUT2D eigenvalue weighted by molar-refractivity contribution is 0.0650. The molecule has 1 aromatic carbocycles. The smallest absolute Gasteiger partial charge is 0.336 e. The Morgan fingerprint density at radius 3 is 1.41 bits per heavy atom. The van der Waals surface area contributed by atoms with Gasteiger partial charge in [0.05, 0.1) is 11.1 Å². The number of aliphatic hydroxyl groups excluding tert-OH is 1. The molecule has 0 atom stereocenters. The zero-order valence-electron chi connectivity index (χ0n) is 24.2. The van der Waals surface area contributed by atoms with Gasteiger partial charge in [-0.2, -0.15) is 0 Å². The van der Waals surface area contributed by atoms with Gasteiger partial charge in [-0.25, -0.2) is 9.59 Å². The second kappa shape index (κ2) is 24.5. The highest BCUT2D eigenvalue weighted by Gasteiger charge is 2.22. The number of rotatable bonds is 22. The largest absolute Gasteiger partial charge is 0.478 e. The fraction of sp³-hybridized carbons (Fsp3) is 0.750. The summed E-state index contributed by atoms with van der Waals surface area (Å²) in [4.78, 5) is 22.7. The van der Waals surface area contributed by atoms with Gasteiger partial charge in [0.15, 0.2) is 0 Å². The molecule has 3 N–H and O–H groups in total. The molecule has 5 nitrogen and oxygen atoms in total. The molecule has 37 heavy (non-hydrogen) atoms. The van der Waals surface area contributed by atoms with Gasteiger partial charge in [0.25, 0.3) is 0 Å². The molecule has 0 radical (unpaired) electrons. The molecule has 0 amide bonds. The van der Waals surface area contributed by atoms with Crippen LogP contribution in [0.1, 0.15) is 168 Å². The number of aromatic carboxylic acids is 2. The standard InChI is InChI=1S/C16H22O4.C16H34O/c1-3-5-7-11-9-10-13(15(17)18)14(16(19)20)12(11)8-6-4-2;1-2-3-4-5-6-7-8-9-10-11-12-13-14-15-16-17/h9-10H,3-8H2,1-2H3,(H,17,18)(H,19,20);17H,2-16H2,1H3. The van der Waals surface area contributed by atoms with E-state index in [0.29, 0.717) is 18.6 Å². The number of unbranched alkanes of at least 4 members (excludes halogenated alkanes) is 15.